The zero-order valence-electron chi connectivity index (χ0n) is 26.8. The van der Waals surface area contributed by atoms with E-state index in [9.17, 15) is 14.4 Å². The van der Waals surface area contributed by atoms with Crippen molar-refractivity contribution in [2.24, 2.45) is 0 Å². The monoisotopic (exact) mass is 607 g/mol. The maximum Gasteiger partial charge on any atom is 0.220 e. The lowest BCUT2D eigenvalue weighted by molar-refractivity contribution is -0.122. The molecule has 2 aliphatic carbocycles. The Kier molecular flexibility index (Phi) is 12.3. The van der Waals surface area contributed by atoms with E-state index in [4.69, 9.17) is 14.2 Å². The van der Waals surface area contributed by atoms with Crippen LogP contribution in [0.3, 0.4) is 0 Å². The Hall–Kier alpha value is -3.75. The number of hydrogen-bond acceptors (Lipinski definition) is 7. The molecule has 0 aliphatic heterocycles. The van der Waals surface area contributed by atoms with Gasteiger partial charge in [-0.25, -0.2) is 0 Å². The minimum atomic E-state index is -0.349. The highest BCUT2D eigenvalue weighted by Crippen LogP contribution is 2.50. The lowest BCUT2D eigenvalue weighted by Crippen LogP contribution is -2.35. The van der Waals surface area contributed by atoms with Crippen molar-refractivity contribution >= 4 is 17.5 Å². The van der Waals surface area contributed by atoms with Crippen LogP contribution in [0.2, 0.25) is 0 Å². The molecular formula is C35H49N3O6. The molecule has 0 spiro atoms. The van der Waals surface area contributed by atoms with E-state index in [1.807, 2.05) is 12.1 Å². The van der Waals surface area contributed by atoms with Gasteiger partial charge in [0.1, 0.15) is 0 Å². The number of carbonyl (C=O) groups is 2. The van der Waals surface area contributed by atoms with E-state index in [0.717, 1.165) is 54.4 Å². The molecule has 2 aromatic rings. The molecule has 1 saturated carbocycles. The third kappa shape index (κ3) is 8.45. The number of unbranched alkanes of at least 4 members (excludes halogenated alkanes) is 2. The quantitative estimate of drug-likeness (QED) is 0.251. The zero-order chi connectivity index (χ0) is 31.5. The summed E-state index contributed by atoms with van der Waals surface area (Å²) in [5, 5.41) is 9.60. The van der Waals surface area contributed by atoms with Crippen molar-refractivity contribution in [1.82, 2.24) is 10.6 Å². The van der Waals surface area contributed by atoms with Gasteiger partial charge in [0.15, 0.2) is 11.5 Å². The van der Waals surface area contributed by atoms with Crippen LogP contribution in [-0.4, -0.2) is 45.7 Å². The van der Waals surface area contributed by atoms with Crippen molar-refractivity contribution in [2.75, 3.05) is 33.2 Å². The second-order valence-corrected chi connectivity index (χ2v) is 11.9. The first-order valence-corrected chi connectivity index (χ1v) is 16.2. The SMILES string of the molecule is COc1cc2c(c(OC)c1OC)-c1ccc(NCCCCCC(=O)NC3CCCCCCC3)c(=O)cc1C(NC(C)=O)CC2. The number of anilines is 1. The van der Waals surface area contributed by atoms with Gasteiger partial charge in [-0.1, -0.05) is 44.6 Å². The number of aryl methyl sites for hydroxylation is 1. The smallest absolute Gasteiger partial charge is 0.220 e. The summed E-state index contributed by atoms with van der Waals surface area (Å²) in [6.45, 7) is 2.11. The molecule has 9 heteroatoms. The highest BCUT2D eigenvalue weighted by Gasteiger charge is 2.29. The summed E-state index contributed by atoms with van der Waals surface area (Å²) in [5.41, 5.74) is 3.69. The van der Waals surface area contributed by atoms with Crippen LogP contribution in [-0.2, 0) is 16.0 Å². The van der Waals surface area contributed by atoms with Gasteiger partial charge in [-0.15, -0.1) is 0 Å². The Bertz CT molecular complexity index is 1350. The number of amides is 2. The molecule has 3 N–H and O–H groups in total. The third-order valence-electron chi connectivity index (χ3n) is 8.78. The highest BCUT2D eigenvalue weighted by atomic mass is 16.5. The number of rotatable bonds is 12. The number of ether oxygens (including phenoxy) is 3. The number of hydrogen-bond donors (Lipinski definition) is 3. The average Bonchev–Trinajstić information content (AvgIpc) is 3.23. The Labute approximate surface area is 261 Å². The first-order chi connectivity index (χ1) is 21.4. The van der Waals surface area contributed by atoms with E-state index >= 15 is 0 Å². The Morgan fingerprint density at radius 2 is 1.57 bits per heavy atom. The summed E-state index contributed by atoms with van der Waals surface area (Å²) >= 11 is 0. The van der Waals surface area contributed by atoms with Crippen LogP contribution >= 0.6 is 0 Å². The van der Waals surface area contributed by atoms with Crippen LogP contribution in [0.1, 0.15) is 101 Å². The standard InChI is InChI=1S/C35H49N3O6/c1-23(39)37-28-18-16-24-21-31(42-2)34(43-3)35(44-4)33(24)26-17-19-29(30(40)22-27(26)28)36-20-12-8-11-15-32(41)38-25-13-9-6-5-7-10-14-25/h17,19,21-22,25,28H,5-16,18,20H2,1-4H3,(H,36,40)(H,37,39)(H,38,41). The van der Waals surface area contributed by atoms with Gasteiger partial charge in [0.25, 0.3) is 0 Å². The van der Waals surface area contributed by atoms with Gasteiger partial charge in [-0.05, 0) is 73.4 Å². The average molecular weight is 608 g/mol. The van der Waals surface area contributed by atoms with E-state index in [0.29, 0.717) is 54.8 Å². The molecule has 2 aliphatic rings. The van der Waals surface area contributed by atoms with Gasteiger partial charge in [0.2, 0.25) is 23.0 Å². The van der Waals surface area contributed by atoms with Crippen molar-refractivity contribution in [2.45, 2.75) is 102 Å². The second kappa shape index (κ2) is 16.4. The largest absolute Gasteiger partial charge is 0.493 e. The summed E-state index contributed by atoms with van der Waals surface area (Å²) in [4.78, 5) is 38.1. The summed E-state index contributed by atoms with van der Waals surface area (Å²) in [6.07, 6.45) is 12.8. The molecule has 9 nitrogen and oxygen atoms in total. The van der Waals surface area contributed by atoms with Crippen LogP contribution in [0.25, 0.3) is 11.1 Å². The molecular weight excluding hydrogens is 558 g/mol. The topological polar surface area (TPSA) is 115 Å². The second-order valence-electron chi connectivity index (χ2n) is 11.9. The zero-order valence-corrected chi connectivity index (χ0v) is 26.8. The highest BCUT2D eigenvalue weighted by molar-refractivity contribution is 5.83. The van der Waals surface area contributed by atoms with Crippen molar-refractivity contribution in [3.05, 3.63) is 45.6 Å². The molecule has 1 fully saturated rings. The van der Waals surface area contributed by atoms with Gasteiger partial charge < -0.3 is 30.2 Å². The van der Waals surface area contributed by atoms with Crippen molar-refractivity contribution in [3.8, 4) is 28.4 Å². The molecule has 4 rings (SSSR count). The molecule has 0 aromatic heterocycles. The minimum absolute atomic E-state index is 0.150. The molecule has 1 atom stereocenters. The normalized spacial score (nSPS) is 16.7. The molecule has 0 bridgehead atoms. The van der Waals surface area contributed by atoms with E-state index in [2.05, 4.69) is 16.0 Å². The number of fused-ring (bicyclic) bond motifs is 3. The van der Waals surface area contributed by atoms with Crippen molar-refractivity contribution in [1.29, 1.82) is 0 Å². The van der Waals surface area contributed by atoms with Gasteiger partial charge in [0, 0.05) is 31.5 Å². The maximum atomic E-state index is 13.5. The summed E-state index contributed by atoms with van der Waals surface area (Å²) in [5.74, 6) is 1.55. The van der Waals surface area contributed by atoms with E-state index < -0.39 is 0 Å². The lowest BCUT2D eigenvalue weighted by Gasteiger charge is -2.21. The molecule has 44 heavy (non-hydrogen) atoms. The summed E-state index contributed by atoms with van der Waals surface area (Å²) in [6, 6.07) is 7.28. The Morgan fingerprint density at radius 3 is 2.25 bits per heavy atom. The molecule has 0 heterocycles. The fraction of sp³-hybridized carbons (Fsp3) is 0.571. The first kappa shape index (κ1) is 33.1. The predicted molar refractivity (Wildman–Crippen MR) is 174 cm³/mol. The predicted octanol–water partition coefficient (Wildman–Crippen LogP) is 6.06. The fourth-order valence-corrected chi connectivity index (χ4v) is 6.56. The molecule has 0 saturated heterocycles. The first-order valence-electron chi connectivity index (χ1n) is 16.2. The fourth-order valence-electron chi connectivity index (χ4n) is 6.56. The molecule has 2 amide bonds. The van der Waals surface area contributed by atoms with Crippen LogP contribution in [0, 0.1) is 0 Å². The lowest BCUT2D eigenvalue weighted by atomic mass is 9.95. The molecule has 2 aromatic carbocycles. The van der Waals surface area contributed by atoms with Gasteiger partial charge in [0.05, 0.1) is 33.1 Å². The van der Waals surface area contributed by atoms with Crippen LogP contribution in [0.15, 0.2) is 29.1 Å². The molecule has 0 radical (unpaired) electrons. The van der Waals surface area contributed by atoms with Crippen LogP contribution in [0.4, 0.5) is 5.69 Å². The van der Waals surface area contributed by atoms with Gasteiger partial charge in [-0.2, -0.15) is 0 Å². The molecule has 1 unspecified atom stereocenters. The van der Waals surface area contributed by atoms with E-state index in [-0.39, 0.29) is 23.3 Å². The van der Waals surface area contributed by atoms with Crippen molar-refractivity contribution in [3.63, 3.8) is 0 Å². The van der Waals surface area contributed by atoms with Gasteiger partial charge >= 0.3 is 0 Å². The van der Waals surface area contributed by atoms with Gasteiger partial charge in [-0.3, -0.25) is 14.4 Å². The van der Waals surface area contributed by atoms with Crippen LogP contribution < -0.4 is 35.6 Å². The maximum absolute atomic E-state index is 13.5. The molecule has 240 valence electrons. The van der Waals surface area contributed by atoms with E-state index in [1.165, 1.54) is 39.0 Å². The minimum Gasteiger partial charge on any atom is -0.493 e. The van der Waals surface area contributed by atoms with E-state index in [1.54, 1.807) is 33.5 Å². The number of methoxy groups -OCH3 is 3. The third-order valence-corrected chi connectivity index (χ3v) is 8.78. The summed E-state index contributed by atoms with van der Waals surface area (Å²) < 4.78 is 17.1. The number of carbonyl (C=O) groups excluding carboxylic acids is 2. The Balaban J connectivity index is 1.46. The van der Waals surface area contributed by atoms with Crippen LogP contribution in [0.5, 0.6) is 17.2 Å². The summed E-state index contributed by atoms with van der Waals surface area (Å²) in [7, 11) is 4.74. The van der Waals surface area contributed by atoms with Crippen molar-refractivity contribution < 1.29 is 23.8 Å². The Morgan fingerprint density at radius 1 is 0.841 bits per heavy atom. The number of nitrogens with one attached hydrogen (secondary N) is 3. The number of benzene rings is 1.